The van der Waals surface area contributed by atoms with Gasteiger partial charge in [0.05, 0.1) is 0 Å². The lowest BCUT2D eigenvalue weighted by atomic mass is 9.99. The fraction of sp³-hybridized carbons (Fsp3) is 0.556. The van der Waals surface area contributed by atoms with Crippen molar-refractivity contribution in [2.75, 3.05) is 26.3 Å². The van der Waals surface area contributed by atoms with Crippen LogP contribution in [0.5, 0.6) is 5.75 Å². The van der Waals surface area contributed by atoms with Crippen molar-refractivity contribution >= 4 is 11.9 Å². The second-order valence-corrected chi connectivity index (χ2v) is 6.01. The first-order valence-corrected chi connectivity index (χ1v) is 8.23. The monoisotopic (exact) mass is 319 g/mol. The summed E-state index contributed by atoms with van der Waals surface area (Å²) in [6.07, 6.45) is 2.98. The van der Waals surface area contributed by atoms with E-state index >= 15 is 0 Å². The molecule has 0 N–H and O–H groups in total. The molecule has 5 heteroatoms. The number of rotatable bonds is 6. The number of benzene rings is 1. The fourth-order valence-electron chi connectivity index (χ4n) is 2.50. The molecular formula is C18H25NO4. The van der Waals surface area contributed by atoms with Gasteiger partial charge in [-0.3, -0.25) is 4.79 Å². The Morgan fingerprint density at radius 2 is 1.78 bits per heavy atom. The summed E-state index contributed by atoms with van der Waals surface area (Å²) in [5.41, 5.74) is 1.21. The number of likely N-dealkylation sites (tertiary alicyclic amines) is 1. The standard InChI is InChI=1S/C18H25NO4/c1-3-15-4-6-16(7-5-15)22-13-18(21)23-12-17(20)19-10-8-14(2)9-11-19/h4-7,14H,3,8-13H2,1-2H3. The number of carbonyl (C=O) groups excluding carboxylic acids is 2. The van der Waals surface area contributed by atoms with Crippen LogP contribution in [0.2, 0.25) is 0 Å². The molecule has 1 heterocycles. The van der Waals surface area contributed by atoms with Crippen molar-refractivity contribution in [3.8, 4) is 5.75 Å². The second-order valence-electron chi connectivity index (χ2n) is 6.01. The number of hydrogen-bond acceptors (Lipinski definition) is 4. The van der Waals surface area contributed by atoms with Crippen LogP contribution in [-0.2, 0) is 20.7 Å². The van der Waals surface area contributed by atoms with E-state index in [9.17, 15) is 9.59 Å². The van der Waals surface area contributed by atoms with E-state index in [1.165, 1.54) is 5.56 Å². The number of piperidine rings is 1. The highest BCUT2D eigenvalue weighted by Crippen LogP contribution is 2.16. The molecule has 0 saturated carbocycles. The van der Waals surface area contributed by atoms with Crippen LogP contribution in [0.25, 0.3) is 0 Å². The summed E-state index contributed by atoms with van der Waals surface area (Å²) in [7, 11) is 0. The Kier molecular flexibility index (Phi) is 6.44. The summed E-state index contributed by atoms with van der Waals surface area (Å²) in [4.78, 5) is 25.4. The number of aryl methyl sites for hydroxylation is 1. The molecule has 0 unspecified atom stereocenters. The molecule has 2 rings (SSSR count). The molecule has 1 saturated heterocycles. The molecule has 1 aliphatic rings. The Morgan fingerprint density at radius 3 is 2.39 bits per heavy atom. The van der Waals surface area contributed by atoms with Gasteiger partial charge in [-0.2, -0.15) is 0 Å². The van der Waals surface area contributed by atoms with Gasteiger partial charge >= 0.3 is 5.97 Å². The van der Waals surface area contributed by atoms with Crippen LogP contribution in [0.15, 0.2) is 24.3 Å². The SMILES string of the molecule is CCc1ccc(OCC(=O)OCC(=O)N2CCC(C)CC2)cc1. The molecule has 23 heavy (non-hydrogen) atoms. The number of ether oxygens (including phenoxy) is 2. The predicted octanol–water partition coefficient (Wildman–Crippen LogP) is 2.43. The molecule has 0 bridgehead atoms. The maximum Gasteiger partial charge on any atom is 0.344 e. The van der Waals surface area contributed by atoms with E-state index in [4.69, 9.17) is 9.47 Å². The maximum absolute atomic E-state index is 12.0. The zero-order valence-corrected chi connectivity index (χ0v) is 13.9. The molecule has 5 nitrogen and oxygen atoms in total. The Labute approximate surface area is 137 Å². The van der Waals surface area contributed by atoms with E-state index in [0.29, 0.717) is 11.7 Å². The van der Waals surface area contributed by atoms with Crippen LogP contribution >= 0.6 is 0 Å². The smallest absolute Gasteiger partial charge is 0.344 e. The number of esters is 1. The molecule has 0 aliphatic carbocycles. The summed E-state index contributed by atoms with van der Waals surface area (Å²) in [6.45, 7) is 5.37. The highest BCUT2D eigenvalue weighted by Gasteiger charge is 2.21. The first-order chi connectivity index (χ1) is 11.1. The van der Waals surface area contributed by atoms with E-state index < -0.39 is 5.97 Å². The highest BCUT2D eigenvalue weighted by molar-refractivity contribution is 5.81. The summed E-state index contributed by atoms with van der Waals surface area (Å²) in [5, 5.41) is 0. The van der Waals surface area contributed by atoms with E-state index in [0.717, 1.165) is 32.4 Å². The van der Waals surface area contributed by atoms with Gasteiger partial charge in [-0.25, -0.2) is 4.79 Å². The lowest BCUT2D eigenvalue weighted by molar-refractivity contribution is -0.154. The molecule has 1 aromatic rings. The Bertz CT molecular complexity index is 518. The molecule has 126 valence electrons. The van der Waals surface area contributed by atoms with Crippen LogP contribution in [0.1, 0.15) is 32.3 Å². The lowest BCUT2D eigenvalue weighted by Gasteiger charge is -2.30. The van der Waals surface area contributed by atoms with Crippen LogP contribution in [0.3, 0.4) is 0 Å². The Hall–Kier alpha value is -2.04. The largest absolute Gasteiger partial charge is 0.482 e. The van der Waals surface area contributed by atoms with Crippen LogP contribution < -0.4 is 4.74 Å². The quantitative estimate of drug-likeness (QED) is 0.756. The summed E-state index contributed by atoms with van der Waals surface area (Å²) < 4.78 is 10.4. The van der Waals surface area contributed by atoms with Crippen LogP contribution in [-0.4, -0.2) is 43.1 Å². The summed E-state index contributed by atoms with van der Waals surface area (Å²) >= 11 is 0. The third-order valence-corrected chi connectivity index (χ3v) is 4.18. The van der Waals surface area contributed by atoms with E-state index in [2.05, 4.69) is 13.8 Å². The van der Waals surface area contributed by atoms with E-state index in [1.807, 2.05) is 24.3 Å². The normalized spacial score (nSPS) is 15.3. The van der Waals surface area contributed by atoms with Gasteiger partial charge in [0.2, 0.25) is 0 Å². The predicted molar refractivity (Wildman–Crippen MR) is 87.3 cm³/mol. The van der Waals surface area contributed by atoms with Crippen LogP contribution in [0, 0.1) is 5.92 Å². The molecule has 1 aliphatic heterocycles. The number of hydrogen-bond donors (Lipinski definition) is 0. The van der Waals surface area contributed by atoms with Gasteiger partial charge in [-0.05, 0) is 42.9 Å². The van der Waals surface area contributed by atoms with Crippen molar-refractivity contribution in [1.29, 1.82) is 0 Å². The van der Waals surface area contributed by atoms with Crippen molar-refractivity contribution < 1.29 is 19.1 Å². The number of nitrogens with zero attached hydrogens (tertiary/aromatic N) is 1. The third kappa shape index (κ3) is 5.58. The summed E-state index contributed by atoms with van der Waals surface area (Å²) in [6, 6.07) is 7.57. The Balaban J connectivity index is 1.67. The maximum atomic E-state index is 12.0. The van der Waals surface area contributed by atoms with Gasteiger partial charge in [-0.15, -0.1) is 0 Å². The Morgan fingerprint density at radius 1 is 1.13 bits per heavy atom. The molecule has 1 amide bonds. The van der Waals surface area contributed by atoms with Crippen molar-refractivity contribution in [2.24, 2.45) is 5.92 Å². The minimum Gasteiger partial charge on any atom is -0.482 e. The lowest BCUT2D eigenvalue weighted by Crippen LogP contribution is -2.40. The average molecular weight is 319 g/mol. The van der Waals surface area contributed by atoms with Gasteiger partial charge in [0.15, 0.2) is 13.2 Å². The zero-order valence-electron chi connectivity index (χ0n) is 13.9. The number of amides is 1. The molecular weight excluding hydrogens is 294 g/mol. The van der Waals surface area contributed by atoms with Crippen LogP contribution in [0.4, 0.5) is 0 Å². The summed E-state index contributed by atoms with van der Waals surface area (Å²) in [5.74, 6) is 0.630. The van der Waals surface area contributed by atoms with Crippen molar-refractivity contribution in [2.45, 2.75) is 33.1 Å². The van der Waals surface area contributed by atoms with Gasteiger partial charge in [0.1, 0.15) is 5.75 Å². The highest BCUT2D eigenvalue weighted by atomic mass is 16.6. The molecule has 0 aromatic heterocycles. The molecule has 0 radical (unpaired) electrons. The molecule has 1 aromatic carbocycles. The fourth-order valence-corrected chi connectivity index (χ4v) is 2.50. The van der Waals surface area contributed by atoms with Crippen molar-refractivity contribution in [3.05, 3.63) is 29.8 Å². The first-order valence-electron chi connectivity index (χ1n) is 8.23. The second kappa shape index (κ2) is 8.56. The average Bonchev–Trinajstić information content (AvgIpc) is 2.59. The van der Waals surface area contributed by atoms with Crippen molar-refractivity contribution in [1.82, 2.24) is 4.90 Å². The van der Waals surface area contributed by atoms with Gasteiger partial charge in [-0.1, -0.05) is 26.0 Å². The minimum atomic E-state index is -0.525. The van der Waals surface area contributed by atoms with Gasteiger partial charge in [0.25, 0.3) is 5.91 Å². The third-order valence-electron chi connectivity index (χ3n) is 4.18. The van der Waals surface area contributed by atoms with Gasteiger partial charge < -0.3 is 14.4 Å². The topological polar surface area (TPSA) is 55.8 Å². The van der Waals surface area contributed by atoms with E-state index in [1.54, 1.807) is 4.90 Å². The van der Waals surface area contributed by atoms with Gasteiger partial charge in [0, 0.05) is 13.1 Å². The molecule has 0 atom stereocenters. The zero-order chi connectivity index (χ0) is 16.7. The molecule has 0 spiro atoms. The molecule has 1 fully saturated rings. The first kappa shape index (κ1) is 17.3. The number of carbonyl (C=O) groups is 2. The minimum absolute atomic E-state index is 0.127. The van der Waals surface area contributed by atoms with Crippen molar-refractivity contribution in [3.63, 3.8) is 0 Å². The van der Waals surface area contributed by atoms with E-state index in [-0.39, 0.29) is 19.1 Å².